The number of para-hydroxylation sites is 2. The summed E-state index contributed by atoms with van der Waals surface area (Å²) in [5, 5.41) is 7.57. The Hall–Kier alpha value is -6.98. The second-order valence-corrected chi connectivity index (χ2v) is 16.9. The molecule has 0 aliphatic rings. The molecule has 0 atom stereocenters. The van der Waals surface area contributed by atoms with Gasteiger partial charge in [-0.05, 0) is 76.9 Å². The van der Waals surface area contributed by atoms with Crippen molar-refractivity contribution in [3.63, 3.8) is 0 Å². The van der Waals surface area contributed by atoms with Crippen LogP contribution in [0.25, 0.3) is 90.1 Å². The maximum atomic E-state index is 2.55. The maximum Gasteiger partial charge on any atom is 0.0640 e. The molecule has 0 spiro atoms. The first kappa shape index (κ1) is 33.2. The molecule has 0 aliphatic carbocycles. The molecule has 3 heterocycles. The van der Waals surface area contributed by atoms with Crippen molar-refractivity contribution >= 4 is 102 Å². The fraction of sp³-hybridized carbons (Fsp3) is 0. The SMILES string of the molecule is c1ccc(-c2cccc3c2sc2c(N(c4ccc5c(c4)c4ccccc4n5-c4ccccc4)c4ccc(-c5ccccc5)c5sc6ccccc6c45)cccc23)cc1. The highest BCUT2D eigenvalue weighted by atomic mass is 32.1. The first-order valence-corrected chi connectivity index (χ1v) is 21.3. The van der Waals surface area contributed by atoms with Crippen LogP contribution in [0.1, 0.15) is 0 Å². The van der Waals surface area contributed by atoms with Gasteiger partial charge >= 0.3 is 0 Å². The van der Waals surface area contributed by atoms with Crippen LogP contribution in [0.5, 0.6) is 0 Å². The van der Waals surface area contributed by atoms with E-state index in [1.807, 2.05) is 22.7 Å². The minimum Gasteiger partial charge on any atom is -0.309 e. The van der Waals surface area contributed by atoms with Gasteiger partial charge in [0.25, 0.3) is 0 Å². The topological polar surface area (TPSA) is 8.17 Å². The van der Waals surface area contributed by atoms with Crippen LogP contribution in [0.4, 0.5) is 17.1 Å². The Labute approximate surface area is 343 Å². The van der Waals surface area contributed by atoms with Crippen LogP contribution in [-0.2, 0) is 0 Å². The molecule has 0 aliphatic heterocycles. The van der Waals surface area contributed by atoms with Gasteiger partial charge in [-0.1, -0.05) is 152 Å². The van der Waals surface area contributed by atoms with Crippen LogP contribution in [0.15, 0.2) is 206 Å². The van der Waals surface area contributed by atoms with E-state index < -0.39 is 0 Å². The molecule has 9 aromatic carbocycles. The monoisotopic (exact) mass is 774 g/mol. The van der Waals surface area contributed by atoms with Gasteiger partial charge in [-0.15, -0.1) is 22.7 Å². The number of nitrogens with zero attached hydrogens (tertiary/aromatic N) is 2. The average Bonchev–Trinajstić information content (AvgIpc) is 3.98. The molecular formula is C54H34N2S2. The highest BCUT2D eigenvalue weighted by Crippen LogP contribution is 2.52. The predicted octanol–water partition coefficient (Wildman–Crippen LogP) is 16.3. The molecule has 58 heavy (non-hydrogen) atoms. The Morgan fingerprint density at radius 2 is 0.966 bits per heavy atom. The van der Waals surface area contributed by atoms with Gasteiger partial charge in [-0.25, -0.2) is 0 Å². The lowest BCUT2D eigenvalue weighted by molar-refractivity contribution is 1.18. The third-order valence-corrected chi connectivity index (χ3v) is 14.1. The molecule has 2 nitrogen and oxygen atoms in total. The van der Waals surface area contributed by atoms with E-state index >= 15 is 0 Å². The normalized spacial score (nSPS) is 11.8. The zero-order valence-electron chi connectivity index (χ0n) is 31.3. The fourth-order valence-corrected chi connectivity index (χ4v) is 11.6. The Bertz CT molecular complexity index is 3500. The van der Waals surface area contributed by atoms with Crippen molar-refractivity contribution in [1.29, 1.82) is 0 Å². The molecule has 0 fully saturated rings. The minimum atomic E-state index is 1.13. The Morgan fingerprint density at radius 3 is 1.74 bits per heavy atom. The van der Waals surface area contributed by atoms with E-state index in [4.69, 9.17) is 0 Å². The number of anilines is 3. The van der Waals surface area contributed by atoms with Crippen LogP contribution in [0, 0.1) is 0 Å². The van der Waals surface area contributed by atoms with Crippen LogP contribution >= 0.6 is 22.7 Å². The highest BCUT2D eigenvalue weighted by molar-refractivity contribution is 7.27. The molecule has 0 N–H and O–H groups in total. The molecule has 3 aromatic heterocycles. The number of fused-ring (bicyclic) bond motifs is 9. The molecule has 4 heteroatoms. The molecule has 12 aromatic rings. The molecular weight excluding hydrogens is 741 g/mol. The Kier molecular flexibility index (Phi) is 7.62. The second kappa shape index (κ2) is 13.3. The summed E-state index contributed by atoms with van der Waals surface area (Å²) in [7, 11) is 0. The van der Waals surface area contributed by atoms with Gasteiger partial charge in [0.15, 0.2) is 0 Å². The van der Waals surface area contributed by atoms with Crippen molar-refractivity contribution in [2.45, 2.75) is 0 Å². The molecule has 0 bridgehead atoms. The van der Waals surface area contributed by atoms with Crippen molar-refractivity contribution < 1.29 is 0 Å². The van der Waals surface area contributed by atoms with E-state index in [2.05, 4.69) is 216 Å². The van der Waals surface area contributed by atoms with Gasteiger partial charge in [0.1, 0.15) is 0 Å². The number of hydrogen-bond donors (Lipinski definition) is 0. The summed E-state index contributed by atoms with van der Waals surface area (Å²) in [6.45, 7) is 0. The van der Waals surface area contributed by atoms with Crippen molar-refractivity contribution in [1.82, 2.24) is 4.57 Å². The molecule has 0 saturated heterocycles. The van der Waals surface area contributed by atoms with Crippen molar-refractivity contribution in [2.24, 2.45) is 0 Å². The lowest BCUT2D eigenvalue weighted by atomic mass is 9.99. The average molecular weight is 775 g/mol. The summed E-state index contributed by atoms with van der Waals surface area (Å²) in [5.41, 5.74) is 12.0. The molecule has 0 unspecified atom stereocenters. The molecule has 0 saturated carbocycles. The number of benzene rings is 9. The highest BCUT2D eigenvalue weighted by Gasteiger charge is 2.25. The van der Waals surface area contributed by atoms with Gasteiger partial charge in [-0.3, -0.25) is 0 Å². The van der Waals surface area contributed by atoms with Gasteiger partial charge in [0.2, 0.25) is 0 Å². The number of thiophene rings is 2. The van der Waals surface area contributed by atoms with E-state index in [1.165, 1.54) is 95.8 Å². The smallest absolute Gasteiger partial charge is 0.0640 e. The van der Waals surface area contributed by atoms with Crippen LogP contribution in [0.2, 0.25) is 0 Å². The molecule has 0 amide bonds. The standard InChI is InChI=1S/C54H34N2S2/c1-4-16-35(17-5-1)39-24-14-25-42-43-26-15-28-49(53(43)58-52(39)42)56(38-30-32-47-45(34-38)41-22-10-12-27-46(41)55(47)37-20-8-3-9-21-37)48-33-31-40(36-18-6-2-7-19-36)54-51(48)44-23-11-13-29-50(44)57-54/h1-34H. The summed E-state index contributed by atoms with van der Waals surface area (Å²) >= 11 is 3.79. The number of aromatic nitrogens is 1. The molecule has 272 valence electrons. The Balaban J connectivity index is 1.19. The van der Waals surface area contributed by atoms with E-state index in [0.717, 1.165) is 11.4 Å². The molecule has 0 radical (unpaired) electrons. The van der Waals surface area contributed by atoms with E-state index in [9.17, 15) is 0 Å². The van der Waals surface area contributed by atoms with E-state index in [-0.39, 0.29) is 0 Å². The minimum absolute atomic E-state index is 1.13. The quantitative estimate of drug-likeness (QED) is 0.163. The lowest BCUT2D eigenvalue weighted by Gasteiger charge is -2.28. The maximum absolute atomic E-state index is 2.55. The summed E-state index contributed by atoms with van der Waals surface area (Å²) in [5.74, 6) is 0. The zero-order chi connectivity index (χ0) is 38.2. The first-order valence-electron chi connectivity index (χ1n) is 19.7. The summed E-state index contributed by atoms with van der Waals surface area (Å²) in [4.78, 5) is 2.55. The van der Waals surface area contributed by atoms with Gasteiger partial charge in [0.05, 0.1) is 27.1 Å². The fourth-order valence-electron chi connectivity index (χ4n) is 9.03. The van der Waals surface area contributed by atoms with Crippen molar-refractivity contribution in [3.05, 3.63) is 206 Å². The first-order chi connectivity index (χ1) is 28.8. The third-order valence-electron chi connectivity index (χ3n) is 11.6. The third kappa shape index (κ3) is 5.09. The van der Waals surface area contributed by atoms with Gasteiger partial charge < -0.3 is 9.47 Å². The lowest BCUT2D eigenvalue weighted by Crippen LogP contribution is -2.10. The second-order valence-electron chi connectivity index (χ2n) is 14.8. The summed E-state index contributed by atoms with van der Waals surface area (Å²) in [6.07, 6.45) is 0. The van der Waals surface area contributed by atoms with Crippen molar-refractivity contribution in [2.75, 3.05) is 4.90 Å². The van der Waals surface area contributed by atoms with Gasteiger partial charge in [0, 0.05) is 57.8 Å². The van der Waals surface area contributed by atoms with Gasteiger partial charge in [-0.2, -0.15) is 0 Å². The van der Waals surface area contributed by atoms with Crippen LogP contribution in [-0.4, -0.2) is 4.57 Å². The Morgan fingerprint density at radius 1 is 0.362 bits per heavy atom. The predicted molar refractivity (Wildman–Crippen MR) is 252 cm³/mol. The summed E-state index contributed by atoms with van der Waals surface area (Å²) < 4.78 is 7.56. The summed E-state index contributed by atoms with van der Waals surface area (Å²) in [6, 6.07) is 75.5. The zero-order valence-corrected chi connectivity index (χ0v) is 33.0. The van der Waals surface area contributed by atoms with Crippen molar-refractivity contribution in [3.8, 4) is 27.9 Å². The largest absolute Gasteiger partial charge is 0.309 e. The van der Waals surface area contributed by atoms with Crippen LogP contribution in [0.3, 0.4) is 0 Å². The number of rotatable bonds is 6. The molecule has 12 rings (SSSR count). The van der Waals surface area contributed by atoms with E-state index in [1.54, 1.807) is 0 Å². The number of hydrogen-bond acceptors (Lipinski definition) is 3. The van der Waals surface area contributed by atoms with E-state index in [0.29, 0.717) is 0 Å². The van der Waals surface area contributed by atoms with Crippen LogP contribution < -0.4 is 4.90 Å².